The fourth-order valence-electron chi connectivity index (χ4n) is 1.07. The van der Waals surface area contributed by atoms with Gasteiger partial charge in [0.2, 0.25) is 10.0 Å². The summed E-state index contributed by atoms with van der Waals surface area (Å²) in [5, 5.41) is 16.6. The molecule has 0 aliphatic rings. The lowest BCUT2D eigenvalue weighted by Gasteiger charge is -2.06. The van der Waals surface area contributed by atoms with E-state index in [0.29, 0.717) is 0 Å². The molecule has 0 saturated carbocycles. The van der Waals surface area contributed by atoms with Crippen molar-refractivity contribution in [2.45, 2.75) is 4.90 Å². The zero-order valence-electron chi connectivity index (χ0n) is 7.89. The first-order chi connectivity index (χ1) is 6.88. The third-order valence-electron chi connectivity index (χ3n) is 1.78. The molecule has 1 amide bonds. The van der Waals surface area contributed by atoms with Crippen LogP contribution in [0.3, 0.4) is 0 Å². The van der Waals surface area contributed by atoms with E-state index in [0.717, 1.165) is 6.07 Å². The van der Waals surface area contributed by atoms with E-state index in [2.05, 4.69) is 5.32 Å². The number of amides is 1. The van der Waals surface area contributed by atoms with Crippen LogP contribution in [0.1, 0.15) is 10.4 Å². The summed E-state index contributed by atoms with van der Waals surface area (Å²) in [4.78, 5) is 10.7. The number of nitrogens with two attached hydrogens (primary N) is 1. The Bertz CT molecular complexity index is 495. The van der Waals surface area contributed by atoms with Crippen molar-refractivity contribution in [3.05, 3.63) is 23.8 Å². The van der Waals surface area contributed by atoms with E-state index in [1.54, 1.807) is 0 Å². The zero-order valence-corrected chi connectivity index (χ0v) is 8.71. The molecule has 7 heteroatoms. The van der Waals surface area contributed by atoms with Gasteiger partial charge in [0.1, 0.15) is 10.6 Å². The third kappa shape index (κ3) is 2.25. The van der Waals surface area contributed by atoms with Gasteiger partial charge in [-0.05, 0) is 12.1 Å². The van der Waals surface area contributed by atoms with E-state index < -0.39 is 26.6 Å². The van der Waals surface area contributed by atoms with E-state index in [4.69, 9.17) is 5.14 Å². The third-order valence-corrected chi connectivity index (χ3v) is 2.72. The normalized spacial score (nSPS) is 11.1. The molecule has 0 heterocycles. The number of carbonyl (C=O) groups excluding carboxylic acids is 1. The molecule has 0 unspecified atom stereocenters. The van der Waals surface area contributed by atoms with Crippen molar-refractivity contribution >= 4 is 15.9 Å². The number of aromatic hydroxyl groups is 1. The standard InChI is InChI=1S/C8H10N2O4S/c1-10-8(12)5-3-2-4-6(7(5)11)15(9,13)14/h2-4,11H,1H3,(H,10,12)(H2,9,13,14). The summed E-state index contributed by atoms with van der Waals surface area (Å²) in [7, 11) is -2.66. The van der Waals surface area contributed by atoms with Crippen molar-refractivity contribution in [3.63, 3.8) is 0 Å². The molecule has 0 radical (unpaired) electrons. The number of phenols is 1. The van der Waals surface area contributed by atoms with Gasteiger partial charge in [-0.2, -0.15) is 0 Å². The van der Waals surface area contributed by atoms with Gasteiger partial charge in [-0.3, -0.25) is 4.79 Å². The highest BCUT2D eigenvalue weighted by molar-refractivity contribution is 7.89. The van der Waals surface area contributed by atoms with Crippen molar-refractivity contribution < 1.29 is 18.3 Å². The molecule has 0 saturated heterocycles. The smallest absolute Gasteiger partial charge is 0.254 e. The second-order valence-corrected chi connectivity index (χ2v) is 4.31. The van der Waals surface area contributed by atoms with Gasteiger partial charge in [0, 0.05) is 7.05 Å². The highest BCUT2D eigenvalue weighted by Gasteiger charge is 2.19. The van der Waals surface area contributed by atoms with Crippen LogP contribution in [0.2, 0.25) is 0 Å². The lowest BCUT2D eigenvalue weighted by Crippen LogP contribution is -2.19. The van der Waals surface area contributed by atoms with Crippen molar-refractivity contribution in [1.82, 2.24) is 5.32 Å². The summed E-state index contributed by atoms with van der Waals surface area (Å²) < 4.78 is 22.0. The minimum Gasteiger partial charge on any atom is -0.506 e. The van der Waals surface area contributed by atoms with E-state index in [1.165, 1.54) is 19.2 Å². The molecular weight excluding hydrogens is 220 g/mol. The monoisotopic (exact) mass is 230 g/mol. The Morgan fingerprint density at radius 3 is 2.53 bits per heavy atom. The molecule has 0 spiro atoms. The molecule has 1 aromatic carbocycles. The first-order valence-electron chi connectivity index (χ1n) is 3.94. The number of hydrogen-bond donors (Lipinski definition) is 3. The molecule has 1 aromatic rings. The molecule has 4 N–H and O–H groups in total. The predicted octanol–water partition coefficient (Wildman–Crippen LogP) is -0.601. The average Bonchev–Trinajstić information content (AvgIpc) is 2.15. The summed E-state index contributed by atoms with van der Waals surface area (Å²) in [5.41, 5.74) is -0.135. The largest absolute Gasteiger partial charge is 0.506 e. The van der Waals surface area contributed by atoms with E-state index in [9.17, 15) is 18.3 Å². The van der Waals surface area contributed by atoms with Crippen LogP contribution in [0.5, 0.6) is 5.75 Å². The SMILES string of the molecule is CNC(=O)c1cccc(S(N)(=O)=O)c1O. The van der Waals surface area contributed by atoms with Crippen LogP contribution < -0.4 is 10.5 Å². The van der Waals surface area contributed by atoms with Crippen LogP contribution in [0.4, 0.5) is 0 Å². The van der Waals surface area contributed by atoms with Gasteiger partial charge >= 0.3 is 0 Å². The summed E-state index contributed by atoms with van der Waals surface area (Å²) in [6.07, 6.45) is 0. The Labute approximate surface area is 86.8 Å². The molecule has 0 atom stereocenters. The molecule has 0 aliphatic heterocycles. The van der Waals surface area contributed by atoms with Crippen molar-refractivity contribution in [1.29, 1.82) is 0 Å². The molecule has 0 bridgehead atoms. The number of nitrogens with one attached hydrogen (secondary N) is 1. The first-order valence-corrected chi connectivity index (χ1v) is 5.49. The van der Waals surface area contributed by atoms with Gasteiger partial charge in [0.05, 0.1) is 5.56 Å². The molecule has 1 rings (SSSR count). The van der Waals surface area contributed by atoms with Crippen molar-refractivity contribution in [2.24, 2.45) is 5.14 Å². The van der Waals surface area contributed by atoms with E-state index in [1.807, 2.05) is 0 Å². The van der Waals surface area contributed by atoms with Crippen LogP contribution in [-0.2, 0) is 10.0 Å². The van der Waals surface area contributed by atoms with Gasteiger partial charge < -0.3 is 10.4 Å². The van der Waals surface area contributed by atoms with Crippen LogP contribution in [0.15, 0.2) is 23.1 Å². The molecule has 0 aliphatic carbocycles. The summed E-state index contributed by atoms with van der Waals surface area (Å²) in [5.74, 6) is -1.22. The number of sulfonamides is 1. The summed E-state index contributed by atoms with van der Waals surface area (Å²) in [6.45, 7) is 0. The fraction of sp³-hybridized carbons (Fsp3) is 0.125. The zero-order chi connectivity index (χ0) is 11.6. The van der Waals surface area contributed by atoms with Crippen LogP contribution in [0.25, 0.3) is 0 Å². The topological polar surface area (TPSA) is 109 Å². The van der Waals surface area contributed by atoms with E-state index >= 15 is 0 Å². The second kappa shape index (κ2) is 3.87. The molecule has 6 nitrogen and oxygen atoms in total. The van der Waals surface area contributed by atoms with Crippen LogP contribution >= 0.6 is 0 Å². The molecule has 0 fully saturated rings. The summed E-state index contributed by atoms with van der Waals surface area (Å²) >= 11 is 0. The number of primary sulfonamides is 1. The van der Waals surface area contributed by atoms with Crippen LogP contribution in [-0.4, -0.2) is 26.5 Å². The van der Waals surface area contributed by atoms with Crippen molar-refractivity contribution in [2.75, 3.05) is 7.05 Å². The number of benzene rings is 1. The fourth-order valence-corrected chi connectivity index (χ4v) is 1.72. The van der Waals surface area contributed by atoms with Gasteiger partial charge in [-0.25, -0.2) is 13.6 Å². The number of para-hydroxylation sites is 1. The second-order valence-electron chi connectivity index (χ2n) is 2.78. The van der Waals surface area contributed by atoms with Gasteiger partial charge in [-0.1, -0.05) is 6.07 Å². The maximum absolute atomic E-state index is 11.2. The van der Waals surface area contributed by atoms with E-state index in [-0.39, 0.29) is 5.56 Å². The Morgan fingerprint density at radius 1 is 1.47 bits per heavy atom. The highest BCUT2D eigenvalue weighted by Crippen LogP contribution is 2.25. The maximum atomic E-state index is 11.2. The lowest BCUT2D eigenvalue weighted by molar-refractivity contribution is 0.0960. The Morgan fingerprint density at radius 2 is 2.07 bits per heavy atom. The Hall–Kier alpha value is -1.60. The van der Waals surface area contributed by atoms with Gasteiger partial charge in [0.15, 0.2) is 0 Å². The van der Waals surface area contributed by atoms with Crippen molar-refractivity contribution in [3.8, 4) is 5.75 Å². The number of phenolic OH excluding ortho intramolecular Hbond substituents is 1. The number of hydrogen-bond acceptors (Lipinski definition) is 4. The maximum Gasteiger partial charge on any atom is 0.254 e. The molecule has 82 valence electrons. The highest BCUT2D eigenvalue weighted by atomic mass is 32.2. The van der Waals surface area contributed by atoms with Crippen LogP contribution in [0, 0.1) is 0 Å². The number of carbonyl (C=O) groups is 1. The predicted molar refractivity (Wildman–Crippen MR) is 52.9 cm³/mol. The quantitative estimate of drug-likeness (QED) is 0.630. The van der Waals surface area contributed by atoms with Gasteiger partial charge in [0.25, 0.3) is 5.91 Å². The number of rotatable bonds is 2. The molecule has 0 aromatic heterocycles. The Balaban J connectivity index is 3.43. The van der Waals surface area contributed by atoms with Gasteiger partial charge in [-0.15, -0.1) is 0 Å². The average molecular weight is 230 g/mol. The Kier molecular flexibility index (Phi) is 2.96. The molecule has 15 heavy (non-hydrogen) atoms. The first kappa shape index (κ1) is 11.5. The summed E-state index contributed by atoms with van der Waals surface area (Å²) in [6, 6.07) is 3.74. The minimum absolute atomic E-state index is 0.135. The minimum atomic E-state index is -4.03. The molecular formula is C8H10N2O4S. The lowest BCUT2D eigenvalue weighted by atomic mass is 10.2.